The van der Waals surface area contributed by atoms with E-state index < -0.39 is 0 Å². The summed E-state index contributed by atoms with van der Waals surface area (Å²) in [5.41, 5.74) is 0. The quantitative estimate of drug-likeness (QED) is 0.750. The van der Waals surface area contributed by atoms with Gasteiger partial charge in [-0.1, -0.05) is 13.8 Å². The van der Waals surface area contributed by atoms with Gasteiger partial charge in [-0.3, -0.25) is 0 Å². The standard InChI is InChI=1S/C13H23N5O/c1-4-6-19-13-17-11(14-5-2)16-12(18-13)15-8-10-7-9(10)3/h9-10H,4-8H2,1-3H3,(H2,14,15,16,17,18). The van der Waals surface area contributed by atoms with Crippen molar-refractivity contribution in [3.8, 4) is 6.01 Å². The Morgan fingerprint density at radius 3 is 2.42 bits per heavy atom. The molecule has 1 aromatic rings. The third kappa shape index (κ3) is 4.22. The molecule has 19 heavy (non-hydrogen) atoms. The molecule has 2 atom stereocenters. The smallest absolute Gasteiger partial charge is 0.323 e. The summed E-state index contributed by atoms with van der Waals surface area (Å²) in [7, 11) is 0. The maximum absolute atomic E-state index is 5.48. The lowest BCUT2D eigenvalue weighted by atomic mass is 10.3. The first-order valence-electron chi connectivity index (χ1n) is 7.09. The predicted octanol–water partition coefficient (Wildman–Crippen LogP) is 2.16. The zero-order chi connectivity index (χ0) is 13.7. The summed E-state index contributed by atoms with van der Waals surface area (Å²) in [4.78, 5) is 12.8. The van der Waals surface area contributed by atoms with Crippen molar-refractivity contribution in [3.05, 3.63) is 0 Å². The Hall–Kier alpha value is -1.59. The monoisotopic (exact) mass is 265 g/mol. The Morgan fingerprint density at radius 2 is 1.84 bits per heavy atom. The van der Waals surface area contributed by atoms with E-state index in [9.17, 15) is 0 Å². The fourth-order valence-corrected chi connectivity index (χ4v) is 1.84. The summed E-state index contributed by atoms with van der Waals surface area (Å²) >= 11 is 0. The van der Waals surface area contributed by atoms with Crippen LogP contribution in [0.5, 0.6) is 6.01 Å². The molecule has 0 bridgehead atoms. The van der Waals surface area contributed by atoms with Crippen molar-refractivity contribution in [2.24, 2.45) is 11.8 Å². The Balaban J connectivity index is 1.99. The summed E-state index contributed by atoms with van der Waals surface area (Å²) in [6, 6.07) is 0.388. The minimum atomic E-state index is 0.388. The van der Waals surface area contributed by atoms with E-state index in [4.69, 9.17) is 4.74 Å². The fraction of sp³-hybridized carbons (Fsp3) is 0.769. The molecule has 1 aliphatic rings. The number of nitrogens with zero attached hydrogens (tertiary/aromatic N) is 3. The normalized spacial score (nSPS) is 21.0. The summed E-state index contributed by atoms with van der Waals surface area (Å²) in [5.74, 6) is 2.73. The molecule has 1 fully saturated rings. The van der Waals surface area contributed by atoms with Crippen LogP contribution in [0.4, 0.5) is 11.9 Å². The van der Waals surface area contributed by atoms with Crippen LogP contribution in [0.25, 0.3) is 0 Å². The van der Waals surface area contributed by atoms with Crippen LogP contribution in [0.2, 0.25) is 0 Å². The molecule has 1 heterocycles. The van der Waals surface area contributed by atoms with Gasteiger partial charge in [-0.2, -0.15) is 15.0 Å². The molecule has 1 aliphatic carbocycles. The van der Waals surface area contributed by atoms with Gasteiger partial charge in [-0.25, -0.2) is 0 Å². The van der Waals surface area contributed by atoms with Crippen molar-refractivity contribution in [2.45, 2.75) is 33.6 Å². The van der Waals surface area contributed by atoms with Crippen LogP contribution in [-0.2, 0) is 0 Å². The SMILES string of the molecule is CCCOc1nc(NCC)nc(NCC2CC2C)n1. The van der Waals surface area contributed by atoms with E-state index in [0.29, 0.717) is 24.5 Å². The highest BCUT2D eigenvalue weighted by atomic mass is 16.5. The van der Waals surface area contributed by atoms with Gasteiger partial charge in [-0.15, -0.1) is 0 Å². The van der Waals surface area contributed by atoms with Crippen LogP contribution in [0.15, 0.2) is 0 Å². The molecular weight excluding hydrogens is 242 g/mol. The summed E-state index contributed by atoms with van der Waals surface area (Å²) in [5, 5.41) is 6.36. The topological polar surface area (TPSA) is 72.0 Å². The minimum absolute atomic E-state index is 0.388. The summed E-state index contributed by atoms with van der Waals surface area (Å²) < 4.78 is 5.48. The van der Waals surface area contributed by atoms with Gasteiger partial charge < -0.3 is 15.4 Å². The largest absolute Gasteiger partial charge is 0.463 e. The van der Waals surface area contributed by atoms with E-state index in [-0.39, 0.29) is 0 Å². The van der Waals surface area contributed by atoms with Gasteiger partial charge >= 0.3 is 6.01 Å². The van der Waals surface area contributed by atoms with Crippen LogP contribution < -0.4 is 15.4 Å². The van der Waals surface area contributed by atoms with Crippen molar-refractivity contribution < 1.29 is 4.74 Å². The third-order valence-electron chi connectivity index (χ3n) is 3.18. The fourth-order valence-electron chi connectivity index (χ4n) is 1.84. The van der Waals surface area contributed by atoms with Crippen LogP contribution in [0.1, 0.15) is 33.6 Å². The molecule has 2 rings (SSSR count). The van der Waals surface area contributed by atoms with Gasteiger partial charge in [0.2, 0.25) is 11.9 Å². The van der Waals surface area contributed by atoms with Gasteiger partial charge in [0.1, 0.15) is 0 Å². The lowest BCUT2D eigenvalue weighted by Crippen LogP contribution is -2.12. The maximum Gasteiger partial charge on any atom is 0.323 e. The maximum atomic E-state index is 5.48. The van der Waals surface area contributed by atoms with Crippen LogP contribution in [0, 0.1) is 11.8 Å². The van der Waals surface area contributed by atoms with Crippen LogP contribution >= 0.6 is 0 Å². The molecule has 6 nitrogen and oxygen atoms in total. The molecule has 0 amide bonds. The Bertz CT molecular complexity index is 412. The van der Waals surface area contributed by atoms with Gasteiger partial charge in [0.05, 0.1) is 6.61 Å². The van der Waals surface area contributed by atoms with Crippen LogP contribution in [0.3, 0.4) is 0 Å². The second-order valence-electron chi connectivity index (χ2n) is 5.00. The molecule has 106 valence electrons. The van der Waals surface area contributed by atoms with Crippen molar-refractivity contribution in [1.29, 1.82) is 0 Å². The van der Waals surface area contributed by atoms with E-state index in [1.54, 1.807) is 0 Å². The lowest BCUT2D eigenvalue weighted by molar-refractivity contribution is 0.292. The number of rotatable bonds is 8. The van der Waals surface area contributed by atoms with Gasteiger partial charge in [-0.05, 0) is 31.6 Å². The third-order valence-corrected chi connectivity index (χ3v) is 3.18. The second kappa shape index (κ2) is 6.54. The lowest BCUT2D eigenvalue weighted by Gasteiger charge is -2.09. The van der Waals surface area contributed by atoms with Crippen molar-refractivity contribution in [2.75, 3.05) is 30.3 Å². The number of aromatic nitrogens is 3. The molecule has 0 aliphatic heterocycles. The number of nitrogens with one attached hydrogen (secondary N) is 2. The van der Waals surface area contributed by atoms with Crippen molar-refractivity contribution in [1.82, 2.24) is 15.0 Å². The predicted molar refractivity (Wildman–Crippen MR) is 75.5 cm³/mol. The van der Waals surface area contributed by atoms with E-state index in [1.807, 2.05) is 6.92 Å². The number of hydrogen-bond acceptors (Lipinski definition) is 6. The molecular formula is C13H23N5O. The van der Waals surface area contributed by atoms with E-state index in [1.165, 1.54) is 6.42 Å². The molecule has 0 saturated heterocycles. The van der Waals surface area contributed by atoms with Gasteiger partial charge in [0.15, 0.2) is 0 Å². The Kier molecular flexibility index (Phi) is 4.76. The number of hydrogen-bond donors (Lipinski definition) is 2. The zero-order valence-electron chi connectivity index (χ0n) is 11.9. The molecule has 2 N–H and O–H groups in total. The number of ether oxygens (including phenoxy) is 1. The van der Waals surface area contributed by atoms with Crippen molar-refractivity contribution >= 4 is 11.9 Å². The molecule has 2 unspecified atom stereocenters. The molecule has 1 aromatic heterocycles. The first-order chi connectivity index (χ1) is 9.22. The van der Waals surface area contributed by atoms with Crippen LogP contribution in [-0.4, -0.2) is 34.6 Å². The summed E-state index contributed by atoms with van der Waals surface area (Å²) in [6.07, 6.45) is 2.22. The molecule has 1 saturated carbocycles. The molecule has 6 heteroatoms. The number of anilines is 2. The zero-order valence-corrected chi connectivity index (χ0v) is 11.9. The van der Waals surface area contributed by atoms with Crippen molar-refractivity contribution in [3.63, 3.8) is 0 Å². The first-order valence-corrected chi connectivity index (χ1v) is 7.09. The second-order valence-corrected chi connectivity index (χ2v) is 5.00. The Labute approximate surface area is 114 Å². The van der Waals surface area contributed by atoms with Gasteiger partial charge in [0, 0.05) is 13.1 Å². The summed E-state index contributed by atoms with van der Waals surface area (Å²) in [6.45, 7) is 8.64. The molecule has 0 radical (unpaired) electrons. The van der Waals surface area contributed by atoms with E-state index in [0.717, 1.165) is 31.3 Å². The van der Waals surface area contributed by atoms with E-state index >= 15 is 0 Å². The van der Waals surface area contributed by atoms with E-state index in [2.05, 4.69) is 39.4 Å². The first kappa shape index (κ1) is 13.8. The molecule has 0 aromatic carbocycles. The minimum Gasteiger partial charge on any atom is -0.463 e. The average Bonchev–Trinajstić information content (AvgIpc) is 3.10. The van der Waals surface area contributed by atoms with Gasteiger partial charge in [0.25, 0.3) is 0 Å². The highest BCUT2D eigenvalue weighted by Gasteiger charge is 2.32. The average molecular weight is 265 g/mol. The highest BCUT2D eigenvalue weighted by Crippen LogP contribution is 2.37. The Morgan fingerprint density at radius 1 is 1.16 bits per heavy atom. The highest BCUT2D eigenvalue weighted by molar-refractivity contribution is 5.36. The molecule has 0 spiro atoms.